The highest BCUT2D eigenvalue weighted by Crippen LogP contribution is 2.17. The van der Waals surface area contributed by atoms with Crippen molar-refractivity contribution in [2.75, 3.05) is 0 Å². The smallest absolute Gasteiger partial charge is 0.0490 e. The van der Waals surface area contributed by atoms with Gasteiger partial charge in [0.05, 0.1) is 0 Å². The molecule has 0 bridgehead atoms. The molecule has 2 rings (SSSR count). The molecule has 0 spiro atoms. The lowest BCUT2D eigenvalue weighted by molar-refractivity contribution is 0.656. The van der Waals surface area contributed by atoms with Crippen molar-refractivity contribution in [2.45, 2.75) is 12.5 Å². The minimum atomic E-state index is 0.0289. The van der Waals surface area contributed by atoms with Gasteiger partial charge in [0.15, 0.2) is 0 Å². The first-order valence-corrected chi connectivity index (χ1v) is 5.66. The van der Waals surface area contributed by atoms with E-state index in [9.17, 15) is 0 Å². The number of aryl methyl sites for hydroxylation is 1. The summed E-state index contributed by atoms with van der Waals surface area (Å²) in [7, 11) is 2.01. The first-order valence-electron chi connectivity index (χ1n) is 5.28. The fourth-order valence-corrected chi connectivity index (χ4v) is 1.96. The van der Waals surface area contributed by atoms with Crippen LogP contribution in [0.15, 0.2) is 42.6 Å². The molecular formula is C13H15ClN2. The average Bonchev–Trinajstić information content (AvgIpc) is 2.68. The van der Waals surface area contributed by atoms with Crippen LogP contribution in [0.5, 0.6) is 0 Å². The third-order valence-electron chi connectivity index (χ3n) is 2.73. The Labute approximate surface area is 101 Å². The van der Waals surface area contributed by atoms with Crippen molar-refractivity contribution in [2.24, 2.45) is 12.8 Å². The molecule has 0 aliphatic rings. The lowest BCUT2D eigenvalue weighted by Gasteiger charge is -2.13. The molecule has 1 atom stereocenters. The number of aromatic nitrogens is 1. The van der Waals surface area contributed by atoms with Crippen molar-refractivity contribution >= 4 is 11.6 Å². The molecule has 0 amide bonds. The van der Waals surface area contributed by atoms with E-state index in [0.717, 1.165) is 17.1 Å². The Bertz CT molecular complexity index is 459. The van der Waals surface area contributed by atoms with Crippen LogP contribution in [-0.4, -0.2) is 4.57 Å². The Morgan fingerprint density at radius 3 is 2.50 bits per heavy atom. The minimum absolute atomic E-state index is 0.0289. The normalized spacial score (nSPS) is 12.7. The molecule has 2 N–H and O–H groups in total. The van der Waals surface area contributed by atoms with Crippen molar-refractivity contribution in [3.63, 3.8) is 0 Å². The van der Waals surface area contributed by atoms with Crippen LogP contribution >= 0.6 is 11.6 Å². The van der Waals surface area contributed by atoms with Gasteiger partial charge in [-0.05, 0) is 36.2 Å². The van der Waals surface area contributed by atoms with Crippen LogP contribution in [0.2, 0.25) is 5.02 Å². The highest BCUT2D eigenvalue weighted by molar-refractivity contribution is 6.30. The summed E-state index contributed by atoms with van der Waals surface area (Å²) in [5, 5.41) is 0.760. The van der Waals surface area contributed by atoms with E-state index in [1.807, 2.05) is 43.6 Å². The number of hydrogen-bond acceptors (Lipinski definition) is 1. The zero-order valence-corrected chi connectivity index (χ0v) is 9.98. The zero-order chi connectivity index (χ0) is 11.5. The monoisotopic (exact) mass is 234 g/mol. The Morgan fingerprint density at radius 1 is 1.25 bits per heavy atom. The van der Waals surface area contributed by atoms with Crippen LogP contribution in [0, 0.1) is 0 Å². The molecule has 3 heteroatoms. The van der Waals surface area contributed by atoms with E-state index in [2.05, 4.69) is 10.6 Å². The lowest BCUT2D eigenvalue weighted by Crippen LogP contribution is -2.16. The van der Waals surface area contributed by atoms with Crippen LogP contribution in [-0.2, 0) is 13.5 Å². The van der Waals surface area contributed by atoms with Gasteiger partial charge in [-0.1, -0.05) is 23.7 Å². The topological polar surface area (TPSA) is 30.9 Å². The van der Waals surface area contributed by atoms with Crippen molar-refractivity contribution in [1.29, 1.82) is 0 Å². The molecule has 1 aromatic carbocycles. The van der Waals surface area contributed by atoms with E-state index in [-0.39, 0.29) is 6.04 Å². The molecular weight excluding hydrogens is 220 g/mol. The molecule has 1 unspecified atom stereocenters. The van der Waals surface area contributed by atoms with E-state index in [1.165, 1.54) is 5.56 Å². The Kier molecular flexibility index (Phi) is 3.32. The predicted octanol–water partition coefficient (Wildman–Crippen LogP) is 2.92. The molecule has 2 aromatic rings. The van der Waals surface area contributed by atoms with Crippen molar-refractivity contribution in [3.05, 3.63) is 58.9 Å². The second-order valence-electron chi connectivity index (χ2n) is 3.98. The van der Waals surface area contributed by atoms with Crippen LogP contribution in [0.25, 0.3) is 0 Å². The standard InChI is InChI=1S/C13H15ClN2/c1-16-8-2-3-13(16)12(15)9-10-4-6-11(14)7-5-10/h2-8,12H,9,15H2,1H3. The van der Waals surface area contributed by atoms with E-state index >= 15 is 0 Å². The number of nitrogens with two attached hydrogens (primary N) is 1. The third-order valence-corrected chi connectivity index (χ3v) is 2.98. The molecule has 2 nitrogen and oxygen atoms in total. The summed E-state index contributed by atoms with van der Waals surface area (Å²) < 4.78 is 2.06. The minimum Gasteiger partial charge on any atom is -0.353 e. The molecule has 0 fully saturated rings. The van der Waals surface area contributed by atoms with Crippen LogP contribution in [0.3, 0.4) is 0 Å². The quantitative estimate of drug-likeness (QED) is 0.870. The maximum Gasteiger partial charge on any atom is 0.0490 e. The number of benzene rings is 1. The fraction of sp³-hybridized carbons (Fsp3) is 0.231. The van der Waals surface area contributed by atoms with E-state index in [0.29, 0.717) is 0 Å². The van der Waals surface area contributed by atoms with Gasteiger partial charge in [0.1, 0.15) is 0 Å². The first kappa shape index (κ1) is 11.2. The summed E-state index contributed by atoms with van der Waals surface area (Å²) in [6.45, 7) is 0. The third kappa shape index (κ3) is 2.46. The summed E-state index contributed by atoms with van der Waals surface area (Å²) in [6.07, 6.45) is 2.84. The highest BCUT2D eigenvalue weighted by atomic mass is 35.5. The number of rotatable bonds is 3. The number of hydrogen-bond donors (Lipinski definition) is 1. The largest absolute Gasteiger partial charge is 0.353 e. The van der Waals surface area contributed by atoms with E-state index in [1.54, 1.807) is 0 Å². The van der Waals surface area contributed by atoms with Gasteiger partial charge in [-0.15, -0.1) is 0 Å². The van der Waals surface area contributed by atoms with Crippen molar-refractivity contribution in [1.82, 2.24) is 4.57 Å². The van der Waals surface area contributed by atoms with E-state index in [4.69, 9.17) is 17.3 Å². The van der Waals surface area contributed by atoms with Crippen LogP contribution in [0.4, 0.5) is 0 Å². The average molecular weight is 235 g/mol. The summed E-state index contributed by atoms with van der Waals surface area (Å²) in [6, 6.07) is 11.9. The van der Waals surface area contributed by atoms with Crippen LogP contribution < -0.4 is 5.73 Å². The van der Waals surface area contributed by atoms with Gasteiger partial charge >= 0.3 is 0 Å². The van der Waals surface area contributed by atoms with Gasteiger partial charge in [0.2, 0.25) is 0 Å². The van der Waals surface area contributed by atoms with Gasteiger partial charge in [-0.2, -0.15) is 0 Å². The Hall–Kier alpha value is -1.25. The zero-order valence-electron chi connectivity index (χ0n) is 9.23. The predicted molar refractivity (Wildman–Crippen MR) is 67.5 cm³/mol. The Morgan fingerprint density at radius 2 is 1.94 bits per heavy atom. The molecule has 1 aromatic heterocycles. The molecule has 0 aliphatic carbocycles. The summed E-state index contributed by atoms with van der Waals surface area (Å²) in [4.78, 5) is 0. The molecule has 0 radical (unpaired) electrons. The lowest BCUT2D eigenvalue weighted by atomic mass is 10.0. The fourth-order valence-electron chi connectivity index (χ4n) is 1.84. The van der Waals surface area contributed by atoms with Gasteiger partial charge in [-0.25, -0.2) is 0 Å². The number of nitrogens with zero attached hydrogens (tertiary/aromatic N) is 1. The highest BCUT2D eigenvalue weighted by Gasteiger charge is 2.09. The summed E-state index contributed by atoms with van der Waals surface area (Å²) >= 11 is 5.84. The molecule has 0 aliphatic heterocycles. The van der Waals surface area contributed by atoms with Gasteiger partial charge in [-0.3, -0.25) is 0 Å². The maximum atomic E-state index is 6.16. The number of halogens is 1. The molecule has 84 valence electrons. The molecule has 16 heavy (non-hydrogen) atoms. The maximum absolute atomic E-state index is 6.16. The first-order chi connectivity index (χ1) is 7.66. The van der Waals surface area contributed by atoms with Gasteiger partial charge in [0.25, 0.3) is 0 Å². The second kappa shape index (κ2) is 4.73. The van der Waals surface area contributed by atoms with Crippen LogP contribution in [0.1, 0.15) is 17.3 Å². The SMILES string of the molecule is Cn1cccc1C(N)Cc1ccc(Cl)cc1. The second-order valence-corrected chi connectivity index (χ2v) is 4.42. The van der Waals surface area contributed by atoms with Gasteiger partial charge < -0.3 is 10.3 Å². The van der Waals surface area contributed by atoms with Crippen molar-refractivity contribution in [3.8, 4) is 0 Å². The summed E-state index contributed by atoms with van der Waals surface area (Å²) in [5.41, 5.74) is 8.51. The van der Waals surface area contributed by atoms with Gasteiger partial charge in [0, 0.05) is 30.0 Å². The summed E-state index contributed by atoms with van der Waals surface area (Å²) in [5.74, 6) is 0. The molecule has 0 saturated heterocycles. The molecule has 1 heterocycles. The Balaban J connectivity index is 2.10. The van der Waals surface area contributed by atoms with E-state index < -0.39 is 0 Å². The van der Waals surface area contributed by atoms with Crippen molar-refractivity contribution < 1.29 is 0 Å². The molecule has 0 saturated carbocycles.